The number of nitrogens with zero attached hydrogens (tertiary/aromatic N) is 1. The molecule has 2 aromatic carbocycles. The first kappa shape index (κ1) is 15.9. The number of likely N-dealkylation sites (tertiary alicyclic amines) is 1. The second-order valence-corrected chi connectivity index (χ2v) is 7.62. The molecule has 0 spiro atoms. The molecule has 4 rings (SSSR count). The molecule has 1 heteroatoms. The number of benzene rings is 2. The van der Waals surface area contributed by atoms with Crippen LogP contribution in [0.4, 0.5) is 0 Å². The molecule has 1 heterocycles. The number of hydrogen-bond donors (Lipinski definition) is 0. The van der Waals surface area contributed by atoms with Crippen molar-refractivity contribution in [2.45, 2.75) is 64.5 Å². The van der Waals surface area contributed by atoms with Gasteiger partial charge >= 0.3 is 0 Å². The van der Waals surface area contributed by atoms with E-state index in [2.05, 4.69) is 61.2 Å². The van der Waals surface area contributed by atoms with Gasteiger partial charge in [0.25, 0.3) is 0 Å². The fourth-order valence-corrected chi connectivity index (χ4v) is 4.79. The summed E-state index contributed by atoms with van der Waals surface area (Å²) in [5, 5.41) is 0. The van der Waals surface area contributed by atoms with Crippen LogP contribution in [-0.4, -0.2) is 23.5 Å². The Morgan fingerprint density at radius 3 is 2.71 bits per heavy atom. The third-order valence-corrected chi connectivity index (χ3v) is 6.19. The molecule has 1 aliphatic carbocycles. The quantitative estimate of drug-likeness (QED) is 0.746. The molecule has 24 heavy (non-hydrogen) atoms. The van der Waals surface area contributed by atoms with E-state index >= 15 is 0 Å². The zero-order valence-electron chi connectivity index (χ0n) is 15.1. The van der Waals surface area contributed by atoms with Crippen LogP contribution in [0.15, 0.2) is 42.5 Å². The molecule has 0 amide bonds. The highest BCUT2D eigenvalue weighted by atomic mass is 15.2. The summed E-state index contributed by atoms with van der Waals surface area (Å²) in [6, 6.07) is 17.6. The molecule has 1 fully saturated rings. The van der Waals surface area contributed by atoms with E-state index in [1.807, 2.05) is 0 Å². The van der Waals surface area contributed by atoms with Gasteiger partial charge in [-0.2, -0.15) is 0 Å². The monoisotopic (exact) mass is 319 g/mol. The summed E-state index contributed by atoms with van der Waals surface area (Å²) in [5.41, 5.74) is 7.44. The summed E-state index contributed by atoms with van der Waals surface area (Å²) in [6.45, 7) is 5.97. The Hall–Kier alpha value is -1.60. The molecule has 2 aromatic rings. The normalized spacial score (nSPS) is 24.1. The van der Waals surface area contributed by atoms with Crippen LogP contribution in [0.3, 0.4) is 0 Å². The average Bonchev–Trinajstić information content (AvgIpc) is 3.06. The van der Waals surface area contributed by atoms with Crippen LogP contribution in [-0.2, 0) is 19.3 Å². The Bertz CT molecular complexity index is 718. The predicted molar refractivity (Wildman–Crippen MR) is 102 cm³/mol. The Balaban J connectivity index is 1.59. The third kappa shape index (κ3) is 2.91. The van der Waals surface area contributed by atoms with E-state index in [1.54, 1.807) is 11.1 Å². The van der Waals surface area contributed by atoms with Gasteiger partial charge in [0.15, 0.2) is 0 Å². The van der Waals surface area contributed by atoms with E-state index in [4.69, 9.17) is 0 Å². The van der Waals surface area contributed by atoms with Crippen molar-refractivity contribution < 1.29 is 0 Å². The topological polar surface area (TPSA) is 3.24 Å². The standard InChI is InChI=1S/C23H29N/c1-3-18-8-4-5-9-23(18)21-11-10-20-16-22(13-12-19(20)15-21)24-14-6-7-17(24)2/h4-5,8-11,15,17,22H,3,6-7,12-14,16H2,1-2H3. The van der Waals surface area contributed by atoms with Crippen LogP contribution in [0.25, 0.3) is 11.1 Å². The lowest BCUT2D eigenvalue weighted by molar-refractivity contribution is 0.174. The van der Waals surface area contributed by atoms with E-state index < -0.39 is 0 Å². The van der Waals surface area contributed by atoms with Crippen molar-refractivity contribution in [3.05, 3.63) is 59.2 Å². The van der Waals surface area contributed by atoms with Gasteiger partial charge in [-0.15, -0.1) is 0 Å². The van der Waals surface area contributed by atoms with Gasteiger partial charge in [-0.1, -0.05) is 49.4 Å². The Kier molecular flexibility index (Phi) is 4.45. The molecule has 0 aromatic heterocycles. The number of aryl methyl sites for hydroxylation is 2. The van der Waals surface area contributed by atoms with Gasteiger partial charge in [0.2, 0.25) is 0 Å². The minimum atomic E-state index is 0.767. The van der Waals surface area contributed by atoms with E-state index in [1.165, 1.54) is 55.3 Å². The van der Waals surface area contributed by atoms with Crippen LogP contribution in [0, 0.1) is 0 Å². The lowest BCUT2D eigenvalue weighted by Crippen LogP contribution is -2.41. The van der Waals surface area contributed by atoms with Crippen molar-refractivity contribution in [3.63, 3.8) is 0 Å². The van der Waals surface area contributed by atoms with E-state index in [0.717, 1.165) is 18.5 Å². The van der Waals surface area contributed by atoms with Gasteiger partial charge < -0.3 is 0 Å². The molecule has 1 aliphatic heterocycles. The number of hydrogen-bond acceptors (Lipinski definition) is 1. The van der Waals surface area contributed by atoms with Gasteiger partial charge in [-0.05, 0) is 79.8 Å². The van der Waals surface area contributed by atoms with Crippen LogP contribution in [0.2, 0.25) is 0 Å². The third-order valence-electron chi connectivity index (χ3n) is 6.19. The number of rotatable bonds is 3. The van der Waals surface area contributed by atoms with Crippen molar-refractivity contribution >= 4 is 0 Å². The first-order valence-electron chi connectivity index (χ1n) is 9.72. The molecule has 2 aliphatic rings. The molecule has 0 bridgehead atoms. The van der Waals surface area contributed by atoms with Gasteiger partial charge in [0.1, 0.15) is 0 Å². The van der Waals surface area contributed by atoms with Gasteiger partial charge in [-0.3, -0.25) is 4.90 Å². The molecule has 1 nitrogen and oxygen atoms in total. The van der Waals surface area contributed by atoms with Crippen molar-refractivity contribution in [1.29, 1.82) is 0 Å². The maximum absolute atomic E-state index is 2.77. The average molecular weight is 319 g/mol. The number of fused-ring (bicyclic) bond motifs is 1. The lowest BCUT2D eigenvalue weighted by Gasteiger charge is -2.35. The summed E-state index contributed by atoms with van der Waals surface area (Å²) in [4.78, 5) is 2.77. The second kappa shape index (κ2) is 6.72. The highest BCUT2D eigenvalue weighted by Gasteiger charge is 2.30. The van der Waals surface area contributed by atoms with E-state index in [0.29, 0.717) is 0 Å². The zero-order valence-corrected chi connectivity index (χ0v) is 15.1. The minimum Gasteiger partial charge on any atom is -0.297 e. The van der Waals surface area contributed by atoms with Gasteiger partial charge in [0, 0.05) is 12.1 Å². The van der Waals surface area contributed by atoms with Crippen LogP contribution in [0.1, 0.15) is 49.8 Å². The van der Waals surface area contributed by atoms with E-state index in [-0.39, 0.29) is 0 Å². The highest BCUT2D eigenvalue weighted by molar-refractivity contribution is 5.68. The molecule has 0 saturated carbocycles. The maximum atomic E-state index is 2.77. The molecule has 0 N–H and O–H groups in total. The first-order valence-corrected chi connectivity index (χ1v) is 9.72. The molecule has 2 unspecified atom stereocenters. The van der Waals surface area contributed by atoms with Crippen LogP contribution >= 0.6 is 0 Å². The fraction of sp³-hybridized carbons (Fsp3) is 0.478. The van der Waals surface area contributed by atoms with Crippen molar-refractivity contribution in [2.24, 2.45) is 0 Å². The molecular weight excluding hydrogens is 290 g/mol. The first-order chi connectivity index (χ1) is 11.8. The lowest BCUT2D eigenvalue weighted by atomic mass is 9.85. The Morgan fingerprint density at radius 2 is 1.92 bits per heavy atom. The highest BCUT2D eigenvalue weighted by Crippen LogP contribution is 2.33. The van der Waals surface area contributed by atoms with Crippen molar-refractivity contribution in [3.8, 4) is 11.1 Å². The molecular formula is C23H29N. The summed E-state index contributed by atoms with van der Waals surface area (Å²) in [5.74, 6) is 0. The van der Waals surface area contributed by atoms with Gasteiger partial charge in [-0.25, -0.2) is 0 Å². The van der Waals surface area contributed by atoms with Crippen molar-refractivity contribution in [1.82, 2.24) is 4.90 Å². The zero-order chi connectivity index (χ0) is 16.5. The summed E-state index contributed by atoms with van der Waals surface area (Å²) < 4.78 is 0. The summed E-state index contributed by atoms with van der Waals surface area (Å²) in [7, 11) is 0. The van der Waals surface area contributed by atoms with Crippen LogP contribution in [0.5, 0.6) is 0 Å². The molecule has 126 valence electrons. The molecule has 2 atom stereocenters. The summed E-state index contributed by atoms with van der Waals surface area (Å²) >= 11 is 0. The predicted octanol–water partition coefficient (Wildman–Crippen LogP) is 5.26. The Morgan fingerprint density at radius 1 is 1.04 bits per heavy atom. The van der Waals surface area contributed by atoms with Crippen LogP contribution < -0.4 is 0 Å². The van der Waals surface area contributed by atoms with Gasteiger partial charge in [0.05, 0.1) is 0 Å². The fourth-order valence-electron chi connectivity index (χ4n) is 4.79. The SMILES string of the molecule is CCc1ccccc1-c1ccc2c(c1)CCC(N1CCCC1C)C2. The molecule has 1 saturated heterocycles. The maximum Gasteiger partial charge on any atom is 0.0142 e. The summed E-state index contributed by atoms with van der Waals surface area (Å²) in [6.07, 6.45) is 7.69. The van der Waals surface area contributed by atoms with Crippen molar-refractivity contribution in [2.75, 3.05) is 6.54 Å². The second-order valence-electron chi connectivity index (χ2n) is 7.62. The smallest absolute Gasteiger partial charge is 0.0142 e. The molecule has 0 radical (unpaired) electrons. The largest absolute Gasteiger partial charge is 0.297 e. The minimum absolute atomic E-state index is 0.767. The van der Waals surface area contributed by atoms with E-state index in [9.17, 15) is 0 Å². The Labute approximate surface area is 146 Å².